The molecule has 0 aliphatic heterocycles. The molecule has 0 spiro atoms. The summed E-state index contributed by atoms with van der Waals surface area (Å²) in [6, 6.07) is 0. The van der Waals surface area contributed by atoms with Gasteiger partial charge < -0.3 is 24.9 Å². The molecule has 0 aromatic carbocycles. The molecule has 0 bridgehead atoms. The molecule has 1 unspecified atom stereocenters. The Balaban J connectivity index is -0.000000500. The second kappa shape index (κ2) is 6.88. The first kappa shape index (κ1) is 18.3. The summed E-state index contributed by atoms with van der Waals surface area (Å²) in [5, 5.41) is 30.8. The standard InChI is InChI=1S/C6H9O5.CH4.Fe/c1-2-6(11,5(9)10)3-4(7)8;;/h2-3H2,1H3,(H,7,8)(H,9,10);1H4;/q-1;;+3/p-2. The Hall–Kier alpha value is -0.581. The van der Waals surface area contributed by atoms with Crippen LogP contribution in [0.1, 0.15) is 27.2 Å². The summed E-state index contributed by atoms with van der Waals surface area (Å²) in [5.74, 6) is -3.57. The maximum atomic E-state index is 10.9. The molecule has 0 amide bonds. The zero-order chi connectivity index (χ0) is 9.07. The van der Waals surface area contributed by atoms with Crippen LogP contribution in [0.15, 0.2) is 0 Å². The smallest absolute Gasteiger partial charge is 0.845 e. The van der Waals surface area contributed by atoms with Gasteiger partial charge >= 0.3 is 17.1 Å². The van der Waals surface area contributed by atoms with Gasteiger partial charge in [0.2, 0.25) is 0 Å². The molecule has 6 heteroatoms. The van der Waals surface area contributed by atoms with Crippen LogP contribution in [0.4, 0.5) is 0 Å². The van der Waals surface area contributed by atoms with E-state index in [-0.39, 0.29) is 30.9 Å². The van der Waals surface area contributed by atoms with E-state index in [2.05, 4.69) is 0 Å². The summed E-state index contributed by atoms with van der Waals surface area (Å²) in [6.45, 7) is 1.28. The number of hydrogen-bond acceptors (Lipinski definition) is 5. The Morgan fingerprint density at radius 1 is 1.31 bits per heavy atom. The summed E-state index contributed by atoms with van der Waals surface area (Å²) in [6.07, 6.45) is -1.38. The number of carboxylic acid groups (broad SMARTS) is 2. The first-order valence-corrected chi connectivity index (χ1v) is 3.04. The van der Waals surface area contributed by atoms with E-state index in [0.717, 1.165) is 0 Å². The Bertz CT molecular complexity index is 182. The maximum absolute atomic E-state index is 10.9. The van der Waals surface area contributed by atoms with Crippen LogP contribution in [0.5, 0.6) is 0 Å². The van der Waals surface area contributed by atoms with Crippen LogP contribution in [0.3, 0.4) is 0 Å². The molecular formula is C7H11FeO5. The van der Waals surface area contributed by atoms with Crippen LogP contribution in [0.2, 0.25) is 0 Å². The fourth-order valence-corrected chi connectivity index (χ4v) is 0.575. The van der Waals surface area contributed by atoms with Crippen LogP contribution in [0.25, 0.3) is 0 Å². The van der Waals surface area contributed by atoms with Crippen molar-refractivity contribution in [3.05, 3.63) is 0 Å². The van der Waals surface area contributed by atoms with E-state index in [1.54, 1.807) is 0 Å². The van der Waals surface area contributed by atoms with Crippen LogP contribution >= 0.6 is 0 Å². The fourth-order valence-electron chi connectivity index (χ4n) is 0.575. The summed E-state index contributed by atoms with van der Waals surface area (Å²) in [7, 11) is 0. The van der Waals surface area contributed by atoms with Gasteiger partial charge in [-0.3, -0.25) is 0 Å². The van der Waals surface area contributed by atoms with Crippen molar-refractivity contribution < 1.29 is 42.0 Å². The second-order valence-electron chi connectivity index (χ2n) is 2.18. The van der Waals surface area contributed by atoms with Crippen molar-refractivity contribution >= 4 is 11.9 Å². The Morgan fingerprint density at radius 2 is 1.69 bits per heavy atom. The first-order chi connectivity index (χ1) is 4.92. The third kappa shape index (κ3) is 5.63. The molecule has 0 rings (SSSR count). The van der Waals surface area contributed by atoms with Crippen molar-refractivity contribution in [3.63, 3.8) is 0 Å². The van der Waals surface area contributed by atoms with Crippen LogP contribution in [0, 0.1) is 0 Å². The predicted molar refractivity (Wildman–Crippen MR) is 34.4 cm³/mol. The molecule has 0 aromatic heterocycles. The van der Waals surface area contributed by atoms with Gasteiger partial charge in [-0.2, -0.15) is 0 Å². The molecule has 0 saturated carbocycles. The molecule has 0 aliphatic rings. The molecule has 0 saturated heterocycles. The minimum Gasteiger partial charge on any atom is -0.845 e. The molecule has 1 radical (unpaired) electrons. The van der Waals surface area contributed by atoms with Gasteiger partial charge in [0.15, 0.2) is 0 Å². The van der Waals surface area contributed by atoms with Crippen molar-refractivity contribution in [1.82, 2.24) is 0 Å². The molecule has 0 fully saturated rings. The van der Waals surface area contributed by atoms with Crippen molar-refractivity contribution in [2.75, 3.05) is 0 Å². The van der Waals surface area contributed by atoms with Crippen molar-refractivity contribution in [2.24, 2.45) is 0 Å². The van der Waals surface area contributed by atoms with Gasteiger partial charge in [-0.05, 0) is 6.42 Å². The van der Waals surface area contributed by atoms with Crippen LogP contribution in [-0.2, 0) is 26.7 Å². The summed E-state index contributed by atoms with van der Waals surface area (Å²) in [4.78, 5) is 19.9. The molecule has 5 nitrogen and oxygen atoms in total. The van der Waals surface area contributed by atoms with Crippen molar-refractivity contribution in [3.8, 4) is 0 Å². The van der Waals surface area contributed by atoms with Gasteiger partial charge in [0, 0.05) is 11.9 Å². The van der Waals surface area contributed by atoms with E-state index >= 15 is 0 Å². The fraction of sp³-hybridized carbons (Fsp3) is 0.714. The summed E-state index contributed by atoms with van der Waals surface area (Å²) >= 11 is 0. The number of hydrogen-bond donors (Lipinski definition) is 0. The zero-order valence-corrected chi connectivity index (χ0v) is 7.41. The van der Waals surface area contributed by atoms with E-state index in [1.165, 1.54) is 6.92 Å². The van der Waals surface area contributed by atoms with Crippen LogP contribution in [-0.4, -0.2) is 17.5 Å². The minimum atomic E-state index is -2.54. The SMILES string of the molecule is C.CCC([O-])(CC(=O)[O-])C(=O)[O-].[Fe+3]. The van der Waals surface area contributed by atoms with E-state index in [0.29, 0.717) is 0 Å². The van der Waals surface area contributed by atoms with Gasteiger partial charge in [0.1, 0.15) is 0 Å². The van der Waals surface area contributed by atoms with E-state index < -0.39 is 24.0 Å². The monoisotopic (exact) mass is 231 g/mol. The molecule has 0 aromatic rings. The van der Waals surface area contributed by atoms with Gasteiger partial charge in [0.25, 0.3) is 0 Å². The minimum absolute atomic E-state index is 0. The topological polar surface area (TPSA) is 103 Å². The number of rotatable bonds is 4. The van der Waals surface area contributed by atoms with Crippen molar-refractivity contribution in [1.29, 1.82) is 0 Å². The third-order valence-electron chi connectivity index (χ3n) is 1.37. The number of aliphatic carboxylic acids is 2. The molecule has 13 heavy (non-hydrogen) atoms. The first-order valence-electron chi connectivity index (χ1n) is 3.04. The number of carbonyl (C=O) groups is 2. The van der Waals surface area contributed by atoms with Crippen molar-refractivity contribution in [2.45, 2.75) is 32.8 Å². The molecule has 0 heterocycles. The van der Waals surface area contributed by atoms with Gasteiger partial charge in [-0.1, -0.05) is 26.4 Å². The normalized spacial score (nSPS) is 13.1. The molecule has 1 atom stereocenters. The molecule has 0 aliphatic carbocycles. The Morgan fingerprint density at radius 3 is 1.77 bits per heavy atom. The van der Waals surface area contributed by atoms with Crippen LogP contribution < -0.4 is 15.3 Å². The number of carboxylic acids is 2. The predicted octanol–water partition coefficient (Wildman–Crippen LogP) is -2.98. The summed E-state index contributed by atoms with van der Waals surface area (Å²) in [5.41, 5.74) is -2.54. The van der Waals surface area contributed by atoms with Gasteiger partial charge in [-0.25, -0.2) is 0 Å². The molecule has 77 valence electrons. The average molecular weight is 231 g/mol. The van der Waals surface area contributed by atoms with E-state index in [9.17, 15) is 24.9 Å². The summed E-state index contributed by atoms with van der Waals surface area (Å²) < 4.78 is 0. The van der Waals surface area contributed by atoms with Gasteiger partial charge in [0.05, 0.1) is 0 Å². The van der Waals surface area contributed by atoms with Gasteiger partial charge in [-0.15, -0.1) is 0 Å². The average Bonchev–Trinajstić information content (AvgIpc) is 1.86. The second-order valence-corrected chi connectivity index (χ2v) is 2.18. The number of carbonyl (C=O) groups excluding carboxylic acids is 2. The quantitative estimate of drug-likeness (QED) is 0.480. The molecule has 0 N–H and O–H groups in total. The van der Waals surface area contributed by atoms with E-state index in [4.69, 9.17) is 0 Å². The van der Waals surface area contributed by atoms with E-state index in [1.807, 2.05) is 0 Å². The maximum Gasteiger partial charge on any atom is 3.00 e. The Labute approximate surface area is 87.2 Å². The Kier molecular flexibility index (Phi) is 9.67. The third-order valence-corrected chi connectivity index (χ3v) is 1.37. The molecular weight excluding hydrogens is 220 g/mol. The largest absolute Gasteiger partial charge is 3.00 e. The zero-order valence-electron chi connectivity index (χ0n) is 6.31.